The summed E-state index contributed by atoms with van der Waals surface area (Å²) in [6, 6.07) is 4.98. The molecule has 1 saturated carbocycles. The number of nitrogens with zero attached hydrogens (tertiary/aromatic N) is 1. The highest BCUT2D eigenvalue weighted by Gasteiger charge is 2.32. The summed E-state index contributed by atoms with van der Waals surface area (Å²) in [6.45, 7) is 0. The van der Waals surface area contributed by atoms with E-state index in [1.54, 1.807) is 18.2 Å². The van der Waals surface area contributed by atoms with E-state index >= 15 is 0 Å². The van der Waals surface area contributed by atoms with Gasteiger partial charge in [0.15, 0.2) is 0 Å². The molecule has 0 radical (unpaired) electrons. The van der Waals surface area contributed by atoms with Crippen LogP contribution >= 0.6 is 27.5 Å². The monoisotopic (exact) mass is 359 g/mol. The first kappa shape index (κ1) is 15.1. The van der Waals surface area contributed by atoms with Crippen LogP contribution in [-0.4, -0.2) is 23.0 Å². The maximum atomic E-state index is 12.3. The van der Waals surface area contributed by atoms with Crippen LogP contribution in [0, 0.1) is 5.92 Å². The number of halogens is 2. The van der Waals surface area contributed by atoms with Gasteiger partial charge in [0.05, 0.1) is 10.6 Å². The van der Waals surface area contributed by atoms with Gasteiger partial charge in [-0.3, -0.25) is 4.79 Å². The van der Waals surface area contributed by atoms with Crippen molar-refractivity contribution < 1.29 is 10.0 Å². The topological polar surface area (TPSA) is 87.7 Å². The molecule has 1 aromatic rings. The molecule has 108 valence electrons. The van der Waals surface area contributed by atoms with Crippen molar-refractivity contribution in [2.75, 3.05) is 0 Å². The predicted octanol–water partition coefficient (Wildman–Crippen LogP) is 2.75. The van der Waals surface area contributed by atoms with Crippen molar-refractivity contribution in [1.82, 2.24) is 5.32 Å². The van der Waals surface area contributed by atoms with Crippen molar-refractivity contribution in [2.24, 2.45) is 16.8 Å². The molecule has 5 nitrogen and oxygen atoms in total. The highest BCUT2D eigenvalue weighted by atomic mass is 79.9. The SMILES string of the molecule is NC(=NO)C1CCCC1NC(=O)c1cc(Br)ccc1Cl. The molecule has 7 heteroatoms. The molecule has 1 aliphatic carbocycles. The van der Waals surface area contributed by atoms with Crippen LogP contribution in [0.1, 0.15) is 29.6 Å². The van der Waals surface area contributed by atoms with E-state index in [2.05, 4.69) is 26.4 Å². The summed E-state index contributed by atoms with van der Waals surface area (Å²) in [6.07, 6.45) is 2.53. The second-order valence-electron chi connectivity index (χ2n) is 4.77. The summed E-state index contributed by atoms with van der Waals surface area (Å²) in [5.41, 5.74) is 6.06. The van der Waals surface area contributed by atoms with Gasteiger partial charge in [-0.15, -0.1) is 0 Å². The number of rotatable bonds is 3. The van der Waals surface area contributed by atoms with Gasteiger partial charge in [-0.25, -0.2) is 0 Å². The zero-order chi connectivity index (χ0) is 14.7. The summed E-state index contributed by atoms with van der Waals surface area (Å²) in [7, 11) is 0. The smallest absolute Gasteiger partial charge is 0.253 e. The lowest BCUT2D eigenvalue weighted by Gasteiger charge is -2.20. The Morgan fingerprint density at radius 1 is 1.50 bits per heavy atom. The van der Waals surface area contributed by atoms with Gasteiger partial charge in [0.2, 0.25) is 0 Å². The molecule has 1 aliphatic rings. The Morgan fingerprint density at radius 3 is 2.95 bits per heavy atom. The minimum Gasteiger partial charge on any atom is -0.409 e. The fraction of sp³-hybridized carbons (Fsp3) is 0.385. The standard InChI is InChI=1S/C13H15BrClN3O2/c14-7-4-5-10(15)9(6-7)13(19)17-11-3-1-2-8(11)12(16)18-20/h4-6,8,11,20H,1-3H2,(H2,16,18)(H,17,19). The van der Waals surface area contributed by atoms with Crippen molar-refractivity contribution in [3.05, 3.63) is 33.3 Å². The van der Waals surface area contributed by atoms with Crippen LogP contribution in [-0.2, 0) is 0 Å². The molecular formula is C13H15BrClN3O2. The van der Waals surface area contributed by atoms with E-state index in [1.165, 1.54) is 0 Å². The Hall–Kier alpha value is -1.27. The molecular weight excluding hydrogens is 346 g/mol. The maximum absolute atomic E-state index is 12.3. The Bertz CT molecular complexity index is 550. The number of carbonyl (C=O) groups is 1. The molecule has 0 bridgehead atoms. The molecule has 0 saturated heterocycles. The van der Waals surface area contributed by atoms with Crippen LogP contribution in [0.15, 0.2) is 27.8 Å². The Kier molecular flexibility index (Phi) is 4.88. The van der Waals surface area contributed by atoms with E-state index in [1.807, 2.05) is 0 Å². The second-order valence-corrected chi connectivity index (χ2v) is 6.09. The molecule has 2 atom stereocenters. The van der Waals surface area contributed by atoms with Gasteiger partial charge in [-0.05, 0) is 31.0 Å². The van der Waals surface area contributed by atoms with E-state index in [0.29, 0.717) is 10.6 Å². The summed E-state index contributed by atoms with van der Waals surface area (Å²) >= 11 is 9.35. The lowest BCUT2D eigenvalue weighted by Crippen LogP contribution is -2.42. The van der Waals surface area contributed by atoms with Gasteiger partial charge < -0.3 is 16.3 Å². The number of nitrogens with two attached hydrogens (primary N) is 1. The number of amidine groups is 1. The van der Waals surface area contributed by atoms with Gasteiger partial charge in [0.1, 0.15) is 5.84 Å². The van der Waals surface area contributed by atoms with Crippen LogP contribution < -0.4 is 11.1 Å². The molecule has 2 rings (SSSR count). The van der Waals surface area contributed by atoms with Gasteiger partial charge in [0.25, 0.3) is 5.91 Å². The second kappa shape index (κ2) is 6.45. The van der Waals surface area contributed by atoms with Crippen LogP contribution in [0.4, 0.5) is 0 Å². The number of oxime groups is 1. The summed E-state index contributed by atoms with van der Waals surface area (Å²) in [4.78, 5) is 12.3. The average molecular weight is 361 g/mol. The third-order valence-corrected chi connectivity index (χ3v) is 4.32. The minimum atomic E-state index is -0.251. The average Bonchev–Trinajstić information content (AvgIpc) is 2.88. The lowest BCUT2D eigenvalue weighted by atomic mass is 10.0. The first-order valence-corrected chi connectivity index (χ1v) is 7.43. The summed E-state index contributed by atoms with van der Waals surface area (Å²) in [5.74, 6) is -0.220. The van der Waals surface area contributed by atoms with Crippen LogP contribution in [0.25, 0.3) is 0 Å². The third-order valence-electron chi connectivity index (χ3n) is 3.50. The fourth-order valence-electron chi connectivity index (χ4n) is 2.48. The van der Waals surface area contributed by atoms with Crippen LogP contribution in [0.5, 0.6) is 0 Å². The first-order valence-electron chi connectivity index (χ1n) is 6.26. The van der Waals surface area contributed by atoms with Crippen molar-refractivity contribution in [1.29, 1.82) is 0 Å². The molecule has 20 heavy (non-hydrogen) atoms. The first-order chi connectivity index (χ1) is 9.52. The molecule has 4 N–H and O–H groups in total. The number of hydrogen-bond acceptors (Lipinski definition) is 3. The molecule has 0 spiro atoms. The zero-order valence-electron chi connectivity index (χ0n) is 10.6. The van der Waals surface area contributed by atoms with Crippen molar-refractivity contribution in [2.45, 2.75) is 25.3 Å². The van der Waals surface area contributed by atoms with E-state index in [0.717, 1.165) is 23.7 Å². The quantitative estimate of drug-likeness (QED) is 0.335. The van der Waals surface area contributed by atoms with E-state index in [-0.39, 0.29) is 23.7 Å². The van der Waals surface area contributed by atoms with Crippen molar-refractivity contribution >= 4 is 39.3 Å². The molecule has 2 unspecified atom stereocenters. The van der Waals surface area contributed by atoms with Crippen molar-refractivity contribution in [3.8, 4) is 0 Å². The summed E-state index contributed by atoms with van der Waals surface area (Å²) < 4.78 is 0.784. The highest BCUT2D eigenvalue weighted by molar-refractivity contribution is 9.10. The highest BCUT2D eigenvalue weighted by Crippen LogP contribution is 2.27. The minimum absolute atomic E-state index is 0.130. The number of carbonyl (C=O) groups excluding carboxylic acids is 1. The third kappa shape index (κ3) is 3.24. The van der Waals surface area contributed by atoms with Gasteiger partial charge in [-0.1, -0.05) is 39.1 Å². The molecule has 0 aliphatic heterocycles. The predicted molar refractivity (Wildman–Crippen MR) is 81.2 cm³/mol. The Balaban J connectivity index is 2.13. The Morgan fingerprint density at radius 2 is 2.25 bits per heavy atom. The fourth-order valence-corrected chi connectivity index (χ4v) is 3.04. The number of amides is 1. The van der Waals surface area contributed by atoms with E-state index in [9.17, 15) is 4.79 Å². The molecule has 0 heterocycles. The normalized spacial score (nSPS) is 22.8. The van der Waals surface area contributed by atoms with Gasteiger partial charge >= 0.3 is 0 Å². The molecule has 1 amide bonds. The molecule has 1 aromatic carbocycles. The lowest BCUT2D eigenvalue weighted by molar-refractivity contribution is 0.0933. The van der Waals surface area contributed by atoms with Gasteiger partial charge in [0, 0.05) is 16.4 Å². The Labute approximate surface area is 130 Å². The largest absolute Gasteiger partial charge is 0.409 e. The van der Waals surface area contributed by atoms with E-state index < -0.39 is 0 Å². The molecule has 0 aromatic heterocycles. The zero-order valence-corrected chi connectivity index (χ0v) is 13.0. The van der Waals surface area contributed by atoms with Crippen LogP contribution in [0.3, 0.4) is 0 Å². The number of nitrogens with one attached hydrogen (secondary N) is 1. The maximum Gasteiger partial charge on any atom is 0.253 e. The van der Waals surface area contributed by atoms with Crippen LogP contribution in [0.2, 0.25) is 5.02 Å². The molecule has 1 fully saturated rings. The number of hydrogen-bond donors (Lipinski definition) is 3. The van der Waals surface area contributed by atoms with Gasteiger partial charge in [-0.2, -0.15) is 0 Å². The summed E-state index contributed by atoms with van der Waals surface area (Å²) in [5, 5.41) is 15.1. The van der Waals surface area contributed by atoms with Crippen molar-refractivity contribution in [3.63, 3.8) is 0 Å². The van der Waals surface area contributed by atoms with E-state index in [4.69, 9.17) is 22.5 Å². The number of benzene rings is 1.